The third-order valence-electron chi connectivity index (χ3n) is 5.85. The molecule has 0 saturated carbocycles. The number of nitrogens with two attached hydrogens (primary N) is 3. The fourth-order valence-electron chi connectivity index (χ4n) is 3.71. The Morgan fingerprint density at radius 3 is 1.90 bits per heavy atom. The van der Waals surface area contributed by atoms with Crippen molar-refractivity contribution < 1.29 is 33.9 Å². The highest BCUT2D eigenvalue weighted by Crippen LogP contribution is 2.07. The number of nitrogens with zero attached hydrogens (tertiary/aromatic N) is 1. The first kappa shape index (κ1) is 31.4. The van der Waals surface area contributed by atoms with E-state index in [1.54, 1.807) is 24.3 Å². The quantitative estimate of drug-likeness (QED) is 0.103. The Kier molecular flexibility index (Phi) is 12.2. The van der Waals surface area contributed by atoms with Gasteiger partial charge in [-0.05, 0) is 24.8 Å². The SMILES string of the molecule is NC(=O)CCC(NC(=O)C(Cc1cnc[nH]1)NC(=O)C(CCC(N)=O)NC(=O)C(N)Cc1ccccc1)C(=O)O. The lowest BCUT2D eigenvalue weighted by Crippen LogP contribution is -2.58. The maximum atomic E-state index is 13.2. The molecule has 216 valence electrons. The molecular formula is C25H34N8O7. The number of aromatic amines is 1. The minimum atomic E-state index is -1.46. The van der Waals surface area contributed by atoms with Crippen LogP contribution in [0.4, 0.5) is 0 Å². The van der Waals surface area contributed by atoms with E-state index < -0.39 is 59.7 Å². The second kappa shape index (κ2) is 15.6. The molecule has 0 bridgehead atoms. The standard InChI is InChI=1S/C25H34N8O7/c26-16(10-14-4-2-1-3-5-14)22(36)31-17(6-8-20(27)34)23(37)33-19(11-15-12-29-13-30-15)24(38)32-18(25(39)40)7-9-21(28)35/h1-5,12-13,16-19H,6-11,26H2,(H2,27,34)(H2,28,35)(H,29,30)(H,31,36)(H,32,38)(H,33,37)(H,39,40). The Labute approximate surface area is 229 Å². The summed E-state index contributed by atoms with van der Waals surface area (Å²) < 4.78 is 0. The van der Waals surface area contributed by atoms with E-state index in [0.717, 1.165) is 5.56 Å². The molecule has 11 N–H and O–H groups in total. The van der Waals surface area contributed by atoms with E-state index in [9.17, 15) is 33.9 Å². The molecule has 0 saturated heterocycles. The molecule has 2 aromatic rings. The van der Waals surface area contributed by atoms with E-state index >= 15 is 0 Å². The molecule has 15 nitrogen and oxygen atoms in total. The highest BCUT2D eigenvalue weighted by Gasteiger charge is 2.31. The number of imidazole rings is 1. The summed E-state index contributed by atoms with van der Waals surface area (Å²) in [5.41, 5.74) is 17.6. The number of carbonyl (C=O) groups excluding carboxylic acids is 5. The van der Waals surface area contributed by atoms with Crippen LogP contribution in [0.3, 0.4) is 0 Å². The van der Waals surface area contributed by atoms with E-state index in [1.807, 2.05) is 6.07 Å². The van der Waals surface area contributed by atoms with E-state index in [-0.39, 0.29) is 38.5 Å². The van der Waals surface area contributed by atoms with Crippen LogP contribution < -0.4 is 33.2 Å². The van der Waals surface area contributed by atoms with Gasteiger partial charge in [0.25, 0.3) is 0 Å². The fourth-order valence-corrected chi connectivity index (χ4v) is 3.71. The Hall–Kier alpha value is -4.79. The van der Waals surface area contributed by atoms with Crippen molar-refractivity contribution >= 4 is 35.5 Å². The number of carboxylic acid groups (broad SMARTS) is 1. The first-order valence-electron chi connectivity index (χ1n) is 12.4. The van der Waals surface area contributed by atoms with Crippen LogP contribution in [0.1, 0.15) is 36.9 Å². The van der Waals surface area contributed by atoms with Gasteiger partial charge >= 0.3 is 5.97 Å². The maximum absolute atomic E-state index is 13.2. The second-order valence-electron chi connectivity index (χ2n) is 9.11. The van der Waals surface area contributed by atoms with E-state index in [0.29, 0.717) is 5.69 Å². The van der Waals surface area contributed by atoms with Crippen LogP contribution in [-0.4, -0.2) is 74.7 Å². The highest BCUT2D eigenvalue weighted by atomic mass is 16.4. The number of nitrogens with one attached hydrogen (secondary N) is 4. The number of H-pyrrole nitrogens is 1. The van der Waals surface area contributed by atoms with E-state index in [4.69, 9.17) is 17.2 Å². The summed E-state index contributed by atoms with van der Waals surface area (Å²) in [6.07, 6.45) is 1.83. The van der Waals surface area contributed by atoms with Crippen molar-refractivity contribution in [1.29, 1.82) is 0 Å². The molecule has 1 aromatic carbocycles. The van der Waals surface area contributed by atoms with Gasteiger partial charge in [0.1, 0.15) is 18.1 Å². The Morgan fingerprint density at radius 2 is 1.35 bits per heavy atom. The lowest BCUT2D eigenvalue weighted by molar-refractivity contribution is -0.142. The van der Waals surface area contributed by atoms with Gasteiger partial charge in [0.15, 0.2) is 0 Å². The van der Waals surface area contributed by atoms with E-state index in [2.05, 4.69) is 25.9 Å². The number of amides is 5. The molecule has 15 heteroatoms. The lowest BCUT2D eigenvalue weighted by atomic mass is 10.0. The first-order chi connectivity index (χ1) is 19.0. The lowest BCUT2D eigenvalue weighted by Gasteiger charge is -2.25. The zero-order valence-corrected chi connectivity index (χ0v) is 21.7. The van der Waals surface area contributed by atoms with Gasteiger partial charge in [-0.2, -0.15) is 0 Å². The minimum Gasteiger partial charge on any atom is -0.480 e. The van der Waals surface area contributed by atoms with Crippen molar-refractivity contribution in [2.75, 3.05) is 0 Å². The summed E-state index contributed by atoms with van der Waals surface area (Å²) in [5, 5.41) is 16.7. The molecule has 5 amide bonds. The molecule has 1 heterocycles. The van der Waals surface area contributed by atoms with Gasteiger partial charge in [0.05, 0.1) is 12.4 Å². The minimum absolute atomic E-state index is 0.121. The molecule has 0 fully saturated rings. The van der Waals surface area contributed by atoms with Crippen LogP contribution in [0.15, 0.2) is 42.9 Å². The summed E-state index contributed by atoms with van der Waals surface area (Å²) in [6, 6.07) is 3.88. The molecule has 2 rings (SSSR count). The molecule has 40 heavy (non-hydrogen) atoms. The number of aliphatic carboxylic acids is 1. The normalized spacial score (nSPS) is 13.7. The average Bonchev–Trinajstić information content (AvgIpc) is 3.41. The fraction of sp³-hybridized carbons (Fsp3) is 0.400. The topological polar surface area (TPSA) is 265 Å². The number of carboxylic acids is 1. The van der Waals surface area contributed by atoms with Crippen molar-refractivity contribution in [3.63, 3.8) is 0 Å². The van der Waals surface area contributed by atoms with Gasteiger partial charge in [0, 0.05) is 31.2 Å². The molecule has 0 aliphatic carbocycles. The van der Waals surface area contributed by atoms with E-state index in [1.165, 1.54) is 12.5 Å². The van der Waals surface area contributed by atoms with Crippen LogP contribution in [0, 0.1) is 0 Å². The van der Waals surface area contributed by atoms with Crippen molar-refractivity contribution in [2.45, 2.75) is 62.7 Å². The molecule has 4 atom stereocenters. The zero-order chi connectivity index (χ0) is 29.7. The number of rotatable bonds is 17. The number of hydrogen-bond donors (Lipinski definition) is 8. The second-order valence-corrected chi connectivity index (χ2v) is 9.11. The number of benzene rings is 1. The first-order valence-corrected chi connectivity index (χ1v) is 12.4. The van der Waals surface area contributed by atoms with Crippen LogP contribution >= 0.6 is 0 Å². The summed E-state index contributed by atoms with van der Waals surface area (Å²) in [7, 11) is 0. The van der Waals surface area contributed by atoms with Crippen molar-refractivity contribution in [3.05, 3.63) is 54.1 Å². The van der Waals surface area contributed by atoms with Crippen molar-refractivity contribution in [1.82, 2.24) is 25.9 Å². The van der Waals surface area contributed by atoms with Crippen LogP contribution in [0.25, 0.3) is 0 Å². The Balaban J connectivity index is 2.18. The number of aromatic nitrogens is 2. The maximum Gasteiger partial charge on any atom is 0.326 e. The van der Waals surface area contributed by atoms with Crippen LogP contribution in [-0.2, 0) is 41.6 Å². The summed E-state index contributed by atoms with van der Waals surface area (Å²) in [4.78, 5) is 79.9. The third-order valence-corrected chi connectivity index (χ3v) is 5.85. The summed E-state index contributed by atoms with van der Waals surface area (Å²) in [5.74, 6) is -5.24. The Morgan fingerprint density at radius 1 is 0.800 bits per heavy atom. The monoisotopic (exact) mass is 558 g/mol. The summed E-state index contributed by atoms with van der Waals surface area (Å²) in [6.45, 7) is 0. The highest BCUT2D eigenvalue weighted by molar-refractivity contribution is 5.94. The van der Waals surface area contributed by atoms with Gasteiger partial charge in [-0.1, -0.05) is 30.3 Å². The number of carbonyl (C=O) groups is 6. The average molecular weight is 559 g/mol. The van der Waals surface area contributed by atoms with Crippen molar-refractivity contribution in [3.8, 4) is 0 Å². The number of hydrogen-bond acceptors (Lipinski definition) is 8. The van der Waals surface area contributed by atoms with Crippen molar-refractivity contribution in [2.24, 2.45) is 17.2 Å². The molecule has 0 radical (unpaired) electrons. The number of primary amides is 2. The van der Waals surface area contributed by atoms with Gasteiger partial charge in [-0.3, -0.25) is 24.0 Å². The van der Waals surface area contributed by atoms with Crippen LogP contribution in [0.2, 0.25) is 0 Å². The van der Waals surface area contributed by atoms with Gasteiger partial charge < -0.3 is 43.2 Å². The smallest absolute Gasteiger partial charge is 0.326 e. The van der Waals surface area contributed by atoms with Gasteiger partial charge in [-0.25, -0.2) is 9.78 Å². The molecule has 1 aromatic heterocycles. The molecule has 4 unspecified atom stereocenters. The molecule has 0 aliphatic rings. The van der Waals surface area contributed by atoms with Crippen LogP contribution in [0.5, 0.6) is 0 Å². The van der Waals surface area contributed by atoms with Gasteiger partial charge in [0.2, 0.25) is 29.5 Å². The predicted octanol–water partition coefficient (Wildman–Crippen LogP) is -2.41. The third kappa shape index (κ3) is 10.9. The Bertz CT molecular complexity index is 1170. The zero-order valence-electron chi connectivity index (χ0n) is 21.7. The molecular weight excluding hydrogens is 524 g/mol. The predicted molar refractivity (Wildman–Crippen MR) is 141 cm³/mol. The van der Waals surface area contributed by atoms with Gasteiger partial charge in [-0.15, -0.1) is 0 Å². The molecule has 0 spiro atoms. The largest absolute Gasteiger partial charge is 0.480 e. The molecule has 0 aliphatic heterocycles. The summed E-state index contributed by atoms with van der Waals surface area (Å²) >= 11 is 0.